The van der Waals surface area contributed by atoms with Crippen LogP contribution < -0.4 is 0 Å². The van der Waals surface area contributed by atoms with Crippen molar-refractivity contribution in [1.29, 1.82) is 0 Å². The molecule has 0 radical (unpaired) electrons. The van der Waals surface area contributed by atoms with E-state index in [4.69, 9.17) is 4.98 Å². The van der Waals surface area contributed by atoms with Crippen molar-refractivity contribution in [2.75, 3.05) is 0 Å². The Kier molecular flexibility index (Phi) is 4.14. The monoisotopic (exact) mass is 396 g/mol. The summed E-state index contributed by atoms with van der Waals surface area (Å²) in [6.07, 6.45) is 0. The Morgan fingerprint density at radius 3 is 1.74 bits per heavy atom. The van der Waals surface area contributed by atoms with Crippen molar-refractivity contribution in [2.45, 2.75) is 0 Å². The summed E-state index contributed by atoms with van der Waals surface area (Å²) in [6.45, 7) is 0. The number of benzene rings is 5. The number of nitrogens with one attached hydrogen (secondary N) is 1. The topological polar surface area (TPSA) is 28.7 Å². The van der Waals surface area contributed by atoms with Gasteiger partial charge in [-0.1, -0.05) is 97.1 Å². The van der Waals surface area contributed by atoms with Gasteiger partial charge in [-0.15, -0.1) is 0 Å². The van der Waals surface area contributed by atoms with Gasteiger partial charge in [-0.3, -0.25) is 0 Å². The minimum Gasteiger partial charge on any atom is -0.337 e. The van der Waals surface area contributed by atoms with Crippen LogP contribution in [0.15, 0.2) is 115 Å². The normalized spacial score (nSPS) is 11.2. The molecule has 0 bridgehead atoms. The number of H-pyrrole nitrogens is 1. The third kappa shape index (κ3) is 3.19. The lowest BCUT2D eigenvalue weighted by Crippen LogP contribution is -1.83. The maximum absolute atomic E-state index is 5.04. The molecule has 6 rings (SSSR count). The molecule has 146 valence electrons. The van der Waals surface area contributed by atoms with Crippen LogP contribution in [0.4, 0.5) is 0 Å². The van der Waals surface area contributed by atoms with Crippen LogP contribution in [-0.4, -0.2) is 9.97 Å². The predicted molar refractivity (Wildman–Crippen MR) is 130 cm³/mol. The van der Waals surface area contributed by atoms with Gasteiger partial charge in [0.15, 0.2) is 0 Å². The molecule has 5 aromatic carbocycles. The number of nitrogens with zero attached hydrogens (tertiary/aromatic N) is 1. The SMILES string of the molecule is c1ccc(-c2nc(-c3ccc4cc5ccccc5cc4c3)[nH]c2-c2ccccc2)cc1. The van der Waals surface area contributed by atoms with Crippen molar-refractivity contribution in [3.05, 3.63) is 115 Å². The molecule has 0 atom stereocenters. The second-order valence-electron chi connectivity index (χ2n) is 7.80. The van der Waals surface area contributed by atoms with Gasteiger partial charge in [-0.05, 0) is 39.7 Å². The highest BCUT2D eigenvalue weighted by Crippen LogP contribution is 2.34. The zero-order chi connectivity index (χ0) is 20.6. The summed E-state index contributed by atoms with van der Waals surface area (Å²) >= 11 is 0. The first-order chi connectivity index (χ1) is 15.3. The first-order valence-electron chi connectivity index (χ1n) is 10.5. The largest absolute Gasteiger partial charge is 0.337 e. The molecule has 0 aliphatic carbocycles. The van der Waals surface area contributed by atoms with Gasteiger partial charge in [0, 0.05) is 16.7 Å². The van der Waals surface area contributed by atoms with Crippen molar-refractivity contribution < 1.29 is 0 Å². The predicted octanol–water partition coefficient (Wildman–Crippen LogP) is 7.72. The molecule has 1 heterocycles. The number of aromatic nitrogens is 2. The number of imidazole rings is 1. The highest BCUT2D eigenvalue weighted by molar-refractivity contribution is 5.99. The van der Waals surface area contributed by atoms with Gasteiger partial charge in [-0.2, -0.15) is 0 Å². The van der Waals surface area contributed by atoms with E-state index < -0.39 is 0 Å². The third-order valence-electron chi connectivity index (χ3n) is 5.79. The first-order valence-corrected chi connectivity index (χ1v) is 10.5. The molecule has 31 heavy (non-hydrogen) atoms. The number of fused-ring (bicyclic) bond motifs is 2. The molecule has 2 nitrogen and oxygen atoms in total. The summed E-state index contributed by atoms with van der Waals surface area (Å²) in [5.74, 6) is 0.882. The molecule has 0 unspecified atom stereocenters. The summed E-state index contributed by atoms with van der Waals surface area (Å²) in [5, 5.41) is 4.97. The second-order valence-corrected chi connectivity index (χ2v) is 7.80. The van der Waals surface area contributed by atoms with E-state index in [1.54, 1.807) is 0 Å². The van der Waals surface area contributed by atoms with Crippen LogP contribution in [-0.2, 0) is 0 Å². The average Bonchev–Trinajstić information content (AvgIpc) is 3.29. The van der Waals surface area contributed by atoms with Gasteiger partial charge in [0.25, 0.3) is 0 Å². The number of rotatable bonds is 3. The second kappa shape index (κ2) is 7.26. The average molecular weight is 396 g/mol. The first kappa shape index (κ1) is 17.7. The minimum atomic E-state index is 0.882. The molecule has 1 aromatic heterocycles. The molecule has 1 N–H and O–H groups in total. The summed E-state index contributed by atoms with van der Waals surface area (Å²) in [7, 11) is 0. The van der Waals surface area contributed by atoms with E-state index in [2.05, 4.69) is 108 Å². The molecule has 0 spiro atoms. The lowest BCUT2D eigenvalue weighted by atomic mass is 10.0. The molecule has 0 aliphatic rings. The van der Waals surface area contributed by atoms with Gasteiger partial charge in [-0.25, -0.2) is 4.98 Å². The zero-order valence-electron chi connectivity index (χ0n) is 16.9. The Morgan fingerprint density at radius 1 is 0.452 bits per heavy atom. The van der Waals surface area contributed by atoms with Gasteiger partial charge in [0.05, 0.1) is 11.4 Å². The fourth-order valence-electron chi connectivity index (χ4n) is 4.22. The van der Waals surface area contributed by atoms with Crippen LogP contribution >= 0.6 is 0 Å². The lowest BCUT2D eigenvalue weighted by molar-refractivity contribution is 1.31. The molecule has 0 aliphatic heterocycles. The fourth-order valence-corrected chi connectivity index (χ4v) is 4.22. The number of aromatic amines is 1. The van der Waals surface area contributed by atoms with Crippen molar-refractivity contribution in [3.63, 3.8) is 0 Å². The van der Waals surface area contributed by atoms with E-state index in [0.29, 0.717) is 0 Å². The highest BCUT2D eigenvalue weighted by Gasteiger charge is 2.15. The van der Waals surface area contributed by atoms with Gasteiger partial charge in [0.1, 0.15) is 5.82 Å². The van der Waals surface area contributed by atoms with Gasteiger partial charge >= 0.3 is 0 Å². The van der Waals surface area contributed by atoms with Crippen LogP contribution in [0.1, 0.15) is 0 Å². The molecule has 0 fully saturated rings. The Labute approximate surface area is 180 Å². The van der Waals surface area contributed by atoms with Crippen LogP contribution in [0.3, 0.4) is 0 Å². The van der Waals surface area contributed by atoms with E-state index in [1.165, 1.54) is 21.5 Å². The minimum absolute atomic E-state index is 0.882. The van der Waals surface area contributed by atoms with Crippen LogP contribution in [0.25, 0.3) is 55.4 Å². The number of hydrogen-bond acceptors (Lipinski definition) is 1. The molecule has 0 saturated carbocycles. The molecule has 2 heteroatoms. The summed E-state index contributed by atoms with van der Waals surface area (Å²) in [6, 6.07) is 40.3. The van der Waals surface area contributed by atoms with E-state index in [-0.39, 0.29) is 0 Å². The van der Waals surface area contributed by atoms with E-state index in [0.717, 1.165) is 33.9 Å². The smallest absolute Gasteiger partial charge is 0.138 e. The summed E-state index contributed by atoms with van der Waals surface area (Å²) < 4.78 is 0. The Bertz CT molecular complexity index is 1460. The number of hydrogen-bond donors (Lipinski definition) is 1. The van der Waals surface area contributed by atoms with Gasteiger partial charge in [0.2, 0.25) is 0 Å². The maximum Gasteiger partial charge on any atom is 0.138 e. The quantitative estimate of drug-likeness (QED) is 0.305. The van der Waals surface area contributed by atoms with Crippen LogP contribution in [0.5, 0.6) is 0 Å². The van der Waals surface area contributed by atoms with E-state index in [1.807, 2.05) is 12.1 Å². The lowest BCUT2D eigenvalue weighted by Gasteiger charge is -2.04. The van der Waals surface area contributed by atoms with Crippen molar-refractivity contribution in [2.24, 2.45) is 0 Å². The zero-order valence-corrected chi connectivity index (χ0v) is 16.9. The Hall–Kier alpha value is -4.17. The molecular weight excluding hydrogens is 376 g/mol. The van der Waals surface area contributed by atoms with Gasteiger partial charge < -0.3 is 4.98 Å². The molecular formula is C29H20N2. The Balaban J connectivity index is 1.53. The van der Waals surface area contributed by atoms with E-state index in [9.17, 15) is 0 Å². The fraction of sp³-hybridized carbons (Fsp3) is 0. The van der Waals surface area contributed by atoms with Crippen LogP contribution in [0, 0.1) is 0 Å². The van der Waals surface area contributed by atoms with Crippen molar-refractivity contribution in [1.82, 2.24) is 9.97 Å². The highest BCUT2D eigenvalue weighted by atomic mass is 14.9. The summed E-state index contributed by atoms with van der Waals surface area (Å²) in [5.41, 5.74) is 5.34. The third-order valence-corrected chi connectivity index (χ3v) is 5.79. The summed E-state index contributed by atoms with van der Waals surface area (Å²) in [4.78, 5) is 8.64. The van der Waals surface area contributed by atoms with Crippen molar-refractivity contribution >= 4 is 21.5 Å². The van der Waals surface area contributed by atoms with Crippen molar-refractivity contribution in [3.8, 4) is 33.9 Å². The Morgan fingerprint density at radius 2 is 1.03 bits per heavy atom. The maximum atomic E-state index is 5.04. The van der Waals surface area contributed by atoms with E-state index >= 15 is 0 Å². The molecule has 6 aromatic rings. The standard InChI is InChI=1S/C29H20N2/c1-3-9-20(10-4-1)27-28(21-11-5-2-6-12-21)31-29(30-27)25-16-15-24-17-22-13-7-8-14-23(22)18-26(24)19-25/h1-19H,(H,30,31). The van der Waals surface area contributed by atoms with Crippen LogP contribution in [0.2, 0.25) is 0 Å². The molecule has 0 amide bonds. The molecule has 0 saturated heterocycles.